The molecule has 7 heteroatoms. The van der Waals surface area contributed by atoms with Crippen molar-refractivity contribution < 1.29 is 4.79 Å². The molecule has 0 fully saturated rings. The third-order valence-electron chi connectivity index (χ3n) is 4.06. The molecule has 0 aliphatic carbocycles. The average molecular weight is 376 g/mol. The van der Waals surface area contributed by atoms with Crippen LogP contribution < -0.4 is 11.1 Å². The number of thioether (sulfide) groups is 1. The zero-order valence-electron chi connectivity index (χ0n) is 15.8. The zero-order valence-corrected chi connectivity index (χ0v) is 16.6. The van der Waals surface area contributed by atoms with Gasteiger partial charge in [-0.3, -0.25) is 4.79 Å². The van der Waals surface area contributed by atoms with Crippen LogP contribution in [-0.4, -0.2) is 33.5 Å². The number of amides is 1. The van der Waals surface area contributed by atoms with Gasteiger partial charge in [-0.25, -0.2) is 0 Å². The van der Waals surface area contributed by atoms with Gasteiger partial charge >= 0.3 is 0 Å². The van der Waals surface area contributed by atoms with Crippen LogP contribution in [0.25, 0.3) is 0 Å². The number of nitrogens with zero attached hydrogens (tertiary/aromatic N) is 3. The number of hydrogen-bond donors (Lipinski definition) is 2. The standard InChI is InChI=1S/C19H29N5OS/c1-14(2)13-24-17(22-23-19(24)26-3)10-7-11-21-18(25)12-16(20)15-8-5-4-6-9-15/h4-6,8-9,14,16H,7,10-13,20H2,1-3H3,(H,21,25). The summed E-state index contributed by atoms with van der Waals surface area (Å²) in [7, 11) is 0. The predicted molar refractivity (Wildman–Crippen MR) is 106 cm³/mol. The second-order valence-corrected chi connectivity index (χ2v) is 7.56. The molecule has 6 nitrogen and oxygen atoms in total. The highest BCUT2D eigenvalue weighted by molar-refractivity contribution is 7.98. The number of aromatic nitrogens is 3. The van der Waals surface area contributed by atoms with Gasteiger partial charge in [0.1, 0.15) is 5.82 Å². The summed E-state index contributed by atoms with van der Waals surface area (Å²) in [5, 5.41) is 12.5. The number of aryl methyl sites for hydroxylation is 1. The molecule has 1 heterocycles. The summed E-state index contributed by atoms with van der Waals surface area (Å²) in [5.41, 5.74) is 7.07. The molecule has 0 radical (unpaired) electrons. The monoisotopic (exact) mass is 375 g/mol. The van der Waals surface area contributed by atoms with Crippen molar-refractivity contribution in [2.24, 2.45) is 11.7 Å². The first-order valence-corrected chi connectivity index (χ1v) is 10.3. The maximum Gasteiger partial charge on any atom is 0.221 e. The fourth-order valence-corrected chi connectivity index (χ4v) is 3.29. The van der Waals surface area contributed by atoms with E-state index in [1.54, 1.807) is 11.8 Å². The minimum absolute atomic E-state index is 0.0187. The minimum atomic E-state index is -0.269. The van der Waals surface area contributed by atoms with Gasteiger partial charge in [0.15, 0.2) is 5.16 Å². The molecule has 1 atom stereocenters. The summed E-state index contributed by atoms with van der Waals surface area (Å²) in [5.74, 6) is 1.50. The van der Waals surface area contributed by atoms with E-state index < -0.39 is 0 Å². The maximum atomic E-state index is 12.1. The van der Waals surface area contributed by atoms with E-state index >= 15 is 0 Å². The van der Waals surface area contributed by atoms with Crippen molar-refractivity contribution in [2.45, 2.75) is 50.9 Å². The van der Waals surface area contributed by atoms with E-state index in [9.17, 15) is 4.79 Å². The van der Waals surface area contributed by atoms with Gasteiger partial charge in [0.25, 0.3) is 0 Å². The molecule has 1 amide bonds. The van der Waals surface area contributed by atoms with Crippen molar-refractivity contribution in [1.82, 2.24) is 20.1 Å². The molecule has 1 aromatic heterocycles. The molecular formula is C19H29N5OS. The van der Waals surface area contributed by atoms with E-state index in [0.29, 0.717) is 18.9 Å². The summed E-state index contributed by atoms with van der Waals surface area (Å²) in [6.45, 7) is 5.90. The summed E-state index contributed by atoms with van der Waals surface area (Å²) < 4.78 is 2.18. The first-order chi connectivity index (χ1) is 12.5. The Balaban J connectivity index is 1.76. The SMILES string of the molecule is CSc1nnc(CCCNC(=O)CC(N)c2ccccc2)n1CC(C)C. The first kappa shape index (κ1) is 20.5. The number of rotatable bonds is 10. The van der Waals surface area contributed by atoms with Crippen molar-refractivity contribution in [2.75, 3.05) is 12.8 Å². The van der Waals surface area contributed by atoms with E-state index in [1.165, 1.54) is 0 Å². The van der Waals surface area contributed by atoms with Gasteiger partial charge in [-0.1, -0.05) is 55.9 Å². The highest BCUT2D eigenvalue weighted by Crippen LogP contribution is 2.17. The molecule has 0 saturated heterocycles. The molecule has 2 aromatic rings. The molecule has 0 aliphatic rings. The maximum absolute atomic E-state index is 12.1. The Hall–Kier alpha value is -1.86. The van der Waals surface area contributed by atoms with Crippen LogP contribution in [0, 0.1) is 5.92 Å². The Labute approximate surface area is 160 Å². The second-order valence-electron chi connectivity index (χ2n) is 6.78. The lowest BCUT2D eigenvalue weighted by Gasteiger charge is -2.13. The quantitative estimate of drug-likeness (QED) is 0.493. The second kappa shape index (κ2) is 10.3. The normalized spacial score (nSPS) is 12.3. The first-order valence-electron chi connectivity index (χ1n) is 9.04. The number of carbonyl (C=O) groups is 1. The highest BCUT2D eigenvalue weighted by Gasteiger charge is 2.13. The molecule has 0 aliphatic heterocycles. The van der Waals surface area contributed by atoms with Crippen molar-refractivity contribution in [3.8, 4) is 0 Å². The van der Waals surface area contributed by atoms with Gasteiger partial charge in [-0.05, 0) is 24.2 Å². The number of carbonyl (C=O) groups excluding carboxylic acids is 1. The topological polar surface area (TPSA) is 85.8 Å². The van der Waals surface area contributed by atoms with Gasteiger partial charge in [-0.15, -0.1) is 10.2 Å². The van der Waals surface area contributed by atoms with Gasteiger partial charge < -0.3 is 15.6 Å². The third kappa shape index (κ3) is 6.14. The molecule has 3 N–H and O–H groups in total. The van der Waals surface area contributed by atoms with E-state index in [2.05, 4.69) is 33.9 Å². The Morgan fingerprint density at radius 3 is 2.65 bits per heavy atom. The molecule has 0 bridgehead atoms. The summed E-state index contributed by atoms with van der Waals surface area (Å²) in [6.07, 6.45) is 3.94. The average Bonchev–Trinajstić information content (AvgIpc) is 3.00. The van der Waals surface area contributed by atoms with Crippen molar-refractivity contribution in [3.63, 3.8) is 0 Å². The fraction of sp³-hybridized carbons (Fsp3) is 0.526. The Morgan fingerprint density at radius 2 is 2.00 bits per heavy atom. The lowest BCUT2D eigenvalue weighted by atomic mass is 10.0. The molecule has 2 rings (SSSR count). The minimum Gasteiger partial charge on any atom is -0.356 e. The van der Waals surface area contributed by atoms with E-state index in [1.807, 2.05) is 36.6 Å². The van der Waals surface area contributed by atoms with Crippen LogP contribution in [0.5, 0.6) is 0 Å². The number of benzene rings is 1. The van der Waals surface area contributed by atoms with E-state index in [0.717, 1.165) is 35.9 Å². The van der Waals surface area contributed by atoms with Gasteiger partial charge in [-0.2, -0.15) is 0 Å². The molecular weight excluding hydrogens is 346 g/mol. The van der Waals surface area contributed by atoms with Gasteiger partial charge in [0.05, 0.1) is 0 Å². The molecule has 0 saturated carbocycles. The van der Waals surface area contributed by atoms with Crippen LogP contribution in [0.4, 0.5) is 0 Å². The lowest BCUT2D eigenvalue weighted by molar-refractivity contribution is -0.121. The predicted octanol–water partition coefficient (Wildman–Crippen LogP) is 2.79. The van der Waals surface area contributed by atoms with Crippen molar-refractivity contribution >= 4 is 17.7 Å². The number of nitrogens with two attached hydrogens (primary N) is 1. The highest BCUT2D eigenvalue weighted by atomic mass is 32.2. The van der Waals surface area contributed by atoms with Gasteiger partial charge in [0, 0.05) is 32.0 Å². The molecule has 142 valence electrons. The van der Waals surface area contributed by atoms with Crippen molar-refractivity contribution in [3.05, 3.63) is 41.7 Å². The van der Waals surface area contributed by atoms with Crippen molar-refractivity contribution in [1.29, 1.82) is 0 Å². The zero-order chi connectivity index (χ0) is 18.9. The summed E-state index contributed by atoms with van der Waals surface area (Å²) >= 11 is 1.61. The molecule has 1 aromatic carbocycles. The van der Waals surface area contributed by atoms with Crippen LogP contribution in [-0.2, 0) is 17.8 Å². The van der Waals surface area contributed by atoms with E-state index in [4.69, 9.17) is 5.73 Å². The van der Waals surface area contributed by atoms with E-state index in [-0.39, 0.29) is 11.9 Å². The number of nitrogens with one attached hydrogen (secondary N) is 1. The number of hydrogen-bond acceptors (Lipinski definition) is 5. The Bertz CT molecular complexity index is 686. The van der Waals surface area contributed by atoms with Crippen LogP contribution in [0.3, 0.4) is 0 Å². The van der Waals surface area contributed by atoms with Crippen LogP contribution in [0.15, 0.2) is 35.5 Å². The Kier molecular flexibility index (Phi) is 8.12. The fourth-order valence-electron chi connectivity index (χ4n) is 2.77. The largest absolute Gasteiger partial charge is 0.356 e. The molecule has 26 heavy (non-hydrogen) atoms. The lowest BCUT2D eigenvalue weighted by Crippen LogP contribution is -2.28. The smallest absolute Gasteiger partial charge is 0.221 e. The van der Waals surface area contributed by atoms with Crippen LogP contribution >= 0.6 is 11.8 Å². The Morgan fingerprint density at radius 1 is 1.27 bits per heavy atom. The third-order valence-corrected chi connectivity index (χ3v) is 4.72. The molecule has 0 spiro atoms. The van der Waals surface area contributed by atoms with Gasteiger partial charge in [0.2, 0.25) is 5.91 Å². The summed E-state index contributed by atoms with van der Waals surface area (Å²) in [6, 6.07) is 9.43. The molecule has 1 unspecified atom stereocenters. The van der Waals surface area contributed by atoms with Crippen LogP contribution in [0.2, 0.25) is 0 Å². The van der Waals surface area contributed by atoms with Crippen LogP contribution in [0.1, 0.15) is 44.1 Å². The summed E-state index contributed by atoms with van der Waals surface area (Å²) in [4.78, 5) is 12.1.